The van der Waals surface area contributed by atoms with Crippen LogP contribution in [-0.4, -0.2) is 26.1 Å². The Morgan fingerprint density at radius 3 is 2.23 bits per heavy atom. The predicted molar refractivity (Wildman–Crippen MR) is 134 cm³/mol. The minimum Gasteiger partial charge on any atom is -0.507 e. The van der Waals surface area contributed by atoms with E-state index >= 15 is 0 Å². The maximum Gasteiger partial charge on any atom is 0.268 e. The summed E-state index contributed by atoms with van der Waals surface area (Å²) in [6.07, 6.45) is 3.06. The second-order valence-electron chi connectivity index (χ2n) is 8.56. The molecule has 0 radical (unpaired) electrons. The second-order valence-corrected chi connectivity index (χ2v) is 8.56. The first-order chi connectivity index (χ1) is 17.1. The Labute approximate surface area is 201 Å². The highest BCUT2D eigenvalue weighted by atomic mass is 16.3. The first kappa shape index (κ1) is 21.0. The van der Waals surface area contributed by atoms with Crippen molar-refractivity contribution in [1.82, 2.24) is 9.97 Å². The van der Waals surface area contributed by atoms with Gasteiger partial charge in [-0.25, -0.2) is 0 Å². The minimum absolute atomic E-state index is 0.0850. The number of amides is 1. The van der Waals surface area contributed by atoms with Crippen LogP contribution in [0, 0.1) is 0 Å². The summed E-state index contributed by atoms with van der Waals surface area (Å²) in [7, 11) is 0. The SMILES string of the molecule is O=C1N(Cc2ccccc2-c2ccccc2)c2ccccc2C1(O)c1cc2nccnc2cc1O. The molecule has 0 spiro atoms. The Hall–Kier alpha value is -4.55. The van der Waals surface area contributed by atoms with Gasteiger partial charge in [0.05, 0.1) is 23.3 Å². The highest BCUT2D eigenvalue weighted by Gasteiger charge is 2.52. The Morgan fingerprint density at radius 2 is 1.43 bits per heavy atom. The Morgan fingerprint density at radius 1 is 0.771 bits per heavy atom. The fourth-order valence-electron chi connectivity index (χ4n) is 4.87. The van der Waals surface area contributed by atoms with Crippen molar-refractivity contribution in [3.8, 4) is 16.9 Å². The Kier molecular flexibility index (Phi) is 4.83. The lowest BCUT2D eigenvalue weighted by Crippen LogP contribution is -2.41. The van der Waals surface area contributed by atoms with E-state index in [0.29, 0.717) is 22.3 Å². The van der Waals surface area contributed by atoms with Crippen molar-refractivity contribution in [2.24, 2.45) is 0 Å². The summed E-state index contributed by atoms with van der Waals surface area (Å²) in [5, 5.41) is 22.8. The molecule has 2 N–H and O–H groups in total. The molecule has 0 fully saturated rings. The van der Waals surface area contributed by atoms with Gasteiger partial charge in [0.1, 0.15) is 5.75 Å². The predicted octanol–water partition coefficient (Wildman–Crippen LogP) is 4.79. The van der Waals surface area contributed by atoms with E-state index in [-0.39, 0.29) is 17.9 Å². The topological polar surface area (TPSA) is 86.6 Å². The normalized spacial score (nSPS) is 17.1. The molecule has 0 bridgehead atoms. The summed E-state index contributed by atoms with van der Waals surface area (Å²) in [6.45, 7) is 0.261. The van der Waals surface area contributed by atoms with Gasteiger partial charge in [-0.15, -0.1) is 0 Å². The van der Waals surface area contributed by atoms with Gasteiger partial charge in [0.2, 0.25) is 0 Å². The average Bonchev–Trinajstić information content (AvgIpc) is 3.11. The molecule has 1 aliphatic heterocycles. The molecule has 1 amide bonds. The number of phenolic OH excluding ortho intramolecular Hbond substituents is 1. The standard InChI is InChI=1S/C29H21N3O3/c33-27-17-25-24(30-14-15-31-25)16-23(27)29(35)22-12-6-7-13-26(22)32(28(29)34)18-20-10-4-5-11-21(20)19-8-2-1-3-9-19/h1-17,33,35H,18H2. The highest BCUT2D eigenvalue weighted by molar-refractivity contribution is 6.09. The third-order valence-corrected chi connectivity index (χ3v) is 6.55. The maximum absolute atomic E-state index is 14.0. The quantitative estimate of drug-likeness (QED) is 0.404. The number of aliphatic hydroxyl groups is 1. The van der Waals surface area contributed by atoms with Crippen molar-refractivity contribution in [2.75, 3.05) is 4.90 Å². The summed E-state index contributed by atoms with van der Waals surface area (Å²) in [6, 6.07) is 28.0. The molecule has 0 saturated carbocycles. The fraction of sp³-hybridized carbons (Fsp3) is 0.0690. The molecule has 0 aliphatic carbocycles. The third-order valence-electron chi connectivity index (χ3n) is 6.55. The molecule has 6 heteroatoms. The molecule has 1 aromatic heterocycles. The van der Waals surface area contributed by atoms with Gasteiger partial charge in [-0.2, -0.15) is 0 Å². The van der Waals surface area contributed by atoms with Gasteiger partial charge in [0.25, 0.3) is 5.91 Å². The number of carbonyl (C=O) groups excluding carboxylic acids is 1. The molecule has 6 rings (SSSR count). The number of aromatic hydroxyl groups is 1. The molecular formula is C29H21N3O3. The van der Waals surface area contributed by atoms with Crippen molar-refractivity contribution in [2.45, 2.75) is 12.1 Å². The maximum atomic E-state index is 14.0. The highest BCUT2D eigenvalue weighted by Crippen LogP contribution is 2.48. The van der Waals surface area contributed by atoms with Crippen molar-refractivity contribution in [3.05, 3.63) is 120 Å². The lowest BCUT2D eigenvalue weighted by molar-refractivity contribution is -0.132. The van der Waals surface area contributed by atoms with Crippen LogP contribution in [0.5, 0.6) is 5.75 Å². The summed E-state index contributed by atoms with van der Waals surface area (Å²) in [4.78, 5) is 24.0. The molecule has 6 nitrogen and oxygen atoms in total. The number of benzene rings is 4. The van der Waals surface area contributed by atoms with E-state index in [2.05, 4.69) is 9.97 Å². The van der Waals surface area contributed by atoms with E-state index in [4.69, 9.17) is 0 Å². The Bertz CT molecular complexity index is 1590. The smallest absolute Gasteiger partial charge is 0.268 e. The number of nitrogens with zero attached hydrogens (tertiary/aromatic N) is 3. The summed E-state index contributed by atoms with van der Waals surface area (Å²) in [5.74, 6) is -0.740. The molecule has 0 saturated heterocycles. The van der Waals surface area contributed by atoms with E-state index in [1.165, 1.54) is 24.5 Å². The number of phenols is 1. The molecule has 35 heavy (non-hydrogen) atoms. The number of hydrogen-bond donors (Lipinski definition) is 2. The van der Waals surface area contributed by atoms with Crippen LogP contribution in [0.2, 0.25) is 0 Å². The van der Waals surface area contributed by atoms with Crippen LogP contribution < -0.4 is 4.90 Å². The number of aromatic nitrogens is 2. The van der Waals surface area contributed by atoms with Crippen LogP contribution in [0.25, 0.3) is 22.2 Å². The monoisotopic (exact) mass is 459 g/mol. The zero-order chi connectivity index (χ0) is 24.0. The van der Waals surface area contributed by atoms with Gasteiger partial charge in [0.15, 0.2) is 5.60 Å². The van der Waals surface area contributed by atoms with Crippen molar-refractivity contribution >= 4 is 22.6 Å². The number of para-hydroxylation sites is 1. The molecule has 1 aliphatic rings. The number of rotatable bonds is 4. The van der Waals surface area contributed by atoms with Crippen LogP contribution in [-0.2, 0) is 16.9 Å². The van der Waals surface area contributed by atoms with E-state index in [1.54, 1.807) is 17.0 Å². The van der Waals surface area contributed by atoms with Crippen molar-refractivity contribution in [1.29, 1.82) is 0 Å². The van der Waals surface area contributed by atoms with Gasteiger partial charge in [0, 0.05) is 29.6 Å². The van der Waals surface area contributed by atoms with Gasteiger partial charge in [-0.3, -0.25) is 14.8 Å². The summed E-state index contributed by atoms with van der Waals surface area (Å²) < 4.78 is 0. The van der Waals surface area contributed by atoms with Crippen LogP contribution in [0.15, 0.2) is 103 Å². The van der Waals surface area contributed by atoms with Crippen LogP contribution in [0.4, 0.5) is 5.69 Å². The first-order valence-corrected chi connectivity index (χ1v) is 11.3. The van der Waals surface area contributed by atoms with Gasteiger partial charge < -0.3 is 15.1 Å². The molecule has 2 heterocycles. The number of anilines is 1. The van der Waals surface area contributed by atoms with E-state index in [9.17, 15) is 15.0 Å². The van der Waals surface area contributed by atoms with Crippen LogP contribution >= 0.6 is 0 Å². The Balaban J connectivity index is 1.48. The van der Waals surface area contributed by atoms with Crippen LogP contribution in [0.1, 0.15) is 16.7 Å². The molecule has 1 atom stereocenters. The molecule has 170 valence electrons. The number of fused-ring (bicyclic) bond motifs is 2. The van der Waals surface area contributed by atoms with Gasteiger partial charge in [-0.1, -0.05) is 72.8 Å². The summed E-state index contributed by atoms with van der Waals surface area (Å²) in [5.41, 5.74) is 3.00. The van der Waals surface area contributed by atoms with Crippen molar-refractivity contribution in [3.63, 3.8) is 0 Å². The molecule has 4 aromatic carbocycles. The average molecular weight is 460 g/mol. The largest absolute Gasteiger partial charge is 0.507 e. The lowest BCUT2D eigenvalue weighted by Gasteiger charge is -2.25. The second kappa shape index (κ2) is 8.04. The van der Waals surface area contributed by atoms with Gasteiger partial charge in [-0.05, 0) is 28.8 Å². The summed E-state index contributed by atoms with van der Waals surface area (Å²) >= 11 is 0. The molecule has 1 unspecified atom stereocenters. The molecule has 5 aromatic rings. The van der Waals surface area contributed by atoms with E-state index in [1.807, 2.05) is 66.7 Å². The lowest BCUT2D eigenvalue weighted by atomic mass is 9.86. The zero-order valence-electron chi connectivity index (χ0n) is 18.7. The van der Waals surface area contributed by atoms with E-state index in [0.717, 1.165) is 16.7 Å². The zero-order valence-corrected chi connectivity index (χ0v) is 18.7. The van der Waals surface area contributed by atoms with E-state index < -0.39 is 11.5 Å². The first-order valence-electron chi connectivity index (χ1n) is 11.3. The van der Waals surface area contributed by atoms with Crippen molar-refractivity contribution < 1.29 is 15.0 Å². The number of hydrogen-bond acceptors (Lipinski definition) is 5. The fourth-order valence-corrected chi connectivity index (χ4v) is 4.87. The molecular weight excluding hydrogens is 438 g/mol. The third kappa shape index (κ3) is 3.26. The van der Waals surface area contributed by atoms with Crippen LogP contribution in [0.3, 0.4) is 0 Å². The van der Waals surface area contributed by atoms with Gasteiger partial charge >= 0.3 is 0 Å². The number of carbonyl (C=O) groups is 1. The minimum atomic E-state index is -2.06.